The van der Waals surface area contributed by atoms with Crippen molar-refractivity contribution >= 4 is 82.5 Å². The Morgan fingerprint density at radius 3 is 1.82 bits per heavy atom. The molecular weight excluding hydrogens is 1310 g/mol. The Morgan fingerprint density at radius 1 is 0.626 bits per heavy atom. The Morgan fingerprint density at radius 2 is 1.22 bits per heavy atom. The van der Waals surface area contributed by atoms with Gasteiger partial charge >= 0.3 is 6.18 Å². The number of carbonyl (C=O) groups excluding carboxylic acids is 12. The molecule has 5 fully saturated rings. The van der Waals surface area contributed by atoms with Gasteiger partial charge in [0.1, 0.15) is 47.8 Å². The van der Waals surface area contributed by atoms with Gasteiger partial charge in [-0.05, 0) is 112 Å². The molecule has 0 bridgehead atoms. The standard InChI is InChI=1S/C71H110ClF3N12O12/c1-14-46(6)60-67(97)81(9)42-58(90)79(7)43-59(91)83(11)54(39-47-25-18-15-19-26-47)65(95)80(8)41-56(88)76-51(31-29-48-28-30-49(50(72)38-48)71(73,74)75)64(94)87-36-24-27-52(87)63(93)78-70(32-20-16-21-33-70)69(99)85(13)61(45(4)5)68(98)84(12)55(66(96)86-34-22-17-23-35-86)40-57(89)82(10)53(37-44(2)3)62(92)77-60/h28,30,38,44-47,51-55,60-61H,14-27,29,31-37,39-43H2,1-13H3,(H,76,88)(H,77,92)(H,78,93)/t46-,51-,52-,53-,54-,55-,60-,61-/m0/s1. The van der Waals surface area contributed by atoms with Crippen molar-refractivity contribution in [1.82, 2.24) is 60.0 Å². The molecule has 3 heterocycles. The molecule has 2 saturated carbocycles. The number of hydrogen-bond donors (Lipinski definition) is 3. The maximum absolute atomic E-state index is 15.6. The first-order valence-electron chi connectivity index (χ1n) is 35.7. The third-order valence-corrected chi connectivity index (χ3v) is 21.4. The predicted octanol–water partition coefficient (Wildman–Crippen LogP) is 5.89. The summed E-state index contributed by atoms with van der Waals surface area (Å²) in [6, 6.07) is -5.67. The van der Waals surface area contributed by atoms with Crippen LogP contribution in [-0.4, -0.2) is 251 Å². The largest absolute Gasteiger partial charge is 0.417 e. The molecule has 0 radical (unpaired) electrons. The number of carbonyl (C=O) groups is 12. The Kier molecular flexibility index (Phi) is 29.4. The minimum Gasteiger partial charge on any atom is -0.343 e. The Bertz CT molecular complexity index is 3060. The van der Waals surface area contributed by atoms with E-state index in [1.807, 2.05) is 20.8 Å². The lowest BCUT2D eigenvalue weighted by Gasteiger charge is -2.44. The average Bonchev–Trinajstić information content (AvgIpc) is 1.73. The molecule has 554 valence electrons. The van der Waals surface area contributed by atoms with E-state index in [2.05, 4.69) is 16.0 Å². The van der Waals surface area contributed by atoms with E-state index in [0.29, 0.717) is 57.2 Å². The van der Waals surface area contributed by atoms with Crippen molar-refractivity contribution < 1.29 is 70.7 Å². The topological polar surface area (TPSA) is 270 Å². The first kappa shape index (κ1) is 80.9. The number of aryl methyl sites for hydroxylation is 1. The number of fused-ring (bicyclic) bond motifs is 1. The molecule has 28 heteroatoms. The van der Waals surface area contributed by atoms with E-state index >= 15 is 19.2 Å². The monoisotopic (exact) mass is 1410 g/mol. The summed E-state index contributed by atoms with van der Waals surface area (Å²) >= 11 is 6.15. The minimum atomic E-state index is -4.76. The van der Waals surface area contributed by atoms with Gasteiger partial charge < -0.3 is 60.0 Å². The number of nitrogens with zero attached hydrogens (tertiary/aromatic N) is 9. The van der Waals surface area contributed by atoms with Crippen LogP contribution in [0.4, 0.5) is 13.2 Å². The number of piperidine rings is 1. The van der Waals surface area contributed by atoms with Gasteiger partial charge in [-0.2, -0.15) is 13.2 Å². The Balaban J connectivity index is 1.43. The van der Waals surface area contributed by atoms with Gasteiger partial charge in [0.05, 0.1) is 36.6 Å². The van der Waals surface area contributed by atoms with Crippen LogP contribution in [0.5, 0.6) is 0 Å². The zero-order valence-electron chi connectivity index (χ0n) is 60.6. The average molecular weight is 1420 g/mol. The van der Waals surface area contributed by atoms with Crippen molar-refractivity contribution in [2.75, 3.05) is 88.6 Å². The van der Waals surface area contributed by atoms with Crippen molar-refractivity contribution in [2.45, 2.75) is 230 Å². The van der Waals surface area contributed by atoms with Crippen LogP contribution in [0.3, 0.4) is 0 Å². The molecule has 6 rings (SSSR count). The number of benzene rings is 1. The highest BCUT2D eigenvalue weighted by Crippen LogP contribution is 2.37. The van der Waals surface area contributed by atoms with Crippen LogP contribution in [0.25, 0.3) is 0 Å². The maximum atomic E-state index is 15.6. The summed E-state index contributed by atoms with van der Waals surface area (Å²) in [6.45, 7) is 9.86. The molecule has 1 aromatic carbocycles. The molecule has 99 heavy (non-hydrogen) atoms. The number of likely N-dealkylation sites (tertiary alicyclic amines) is 1. The third kappa shape index (κ3) is 20.8. The van der Waals surface area contributed by atoms with Gasteiger partial charge in [-0.15, -0.1) is 0 Å². The van der Waals surface area contributed by atoms with Crippen LogP contribution in [0.2, 0.25) is 5.02 Å². The summed E-state index contributed by atoms with van der Waals surface area (Å²) in [7, 11) is 9.87. The van der Waals surface area contributed by atoms with Crippen molar-refractivity contribution in [3.05, 3.63) is 34.3 Å². The second-order valence-electron chi connectivity index (χ2n) is 29.4. The molecule has 1 spiro atoms. The van der Waals surface area contributed by atoms with Gasteiger partial charge in [0.25, 0.3) is 0 Å². The van der Waals surface area contributed by atoms with Crippen LogP contribution in [-0.2, 0) is 70.1 Å². The van der Waals surface area contributed by atoms with Crippen molar-refractivity contribution in [2.24, 2.45) is 23.7 Å². The zero-order valence-corrected chi connectivity index (χ0v) is 61.4. The number of halogens is 4. The second-order valence-corrected chi connectivity index (χ2v) is 29.8. The lowest BCUT2D eigenvalue weighted by molar-refractivity contribution is -0.157. The quantitative estimate of drug-likeness (QED) is 0.234. The molecular formula is C71H110ClF3N12O12. The number of rotatable bonds is 11. The smallest absolute Gasteiger partial charge is 0.343 e. The van der Waals surface area contributed by atoms with E-state index < -0.39 is 173 Å². The molecule has 0 aromatic heterocycles. The molecule has 8 atom stereocenters. The Hall–Kier alpha value is -7.06. The summed E-state index contributed by atoms with van der Waals surface area (Å²) < 4.78 is 41.6. The fourth-order valence-electron chi connectivity index (χ4n) is 14.8. The minimum absolute atomic E-state index is 0.0179. The number of amides is 12. The van der Waals surface area contributed by atoms with Crippen molar-refractivity contribution in [3.63, 3.8) is 0 Å². The molecule has 3 N–H and O–H groups in total. The van der Waals surface area contributed by atoms with Crippen LogP contribution in [0.15, 0.2) is 18.2 Å². The van der Waals surface area contributed by atoms with E-state index in [-0.39, 0.29) is 63.3 Å². The molecule has 2 aliphatic carbocycles. The Labute approximate surface area is 587 Å². The van der Waals surface area contributed by atoms with Crippen LogP contribution >= 0.6 is 11.6 Å². The third-order valence-electron chi connectivity index (χ3n) is 21.1. The van der Waals surface area contributed by atoms with E-state index in [1.54, 1.807) is 25.7 Å². The van der Waals surface area contributed by atoms with E-state index in [1.165, 1.54) is 79.9 Å². The first-order chi connectivity index (χ1) is 46.5. The molecule has 0 unspecified atom stereocenters. The SMILES string of the molecule is CC[C@H](C)[C@@H]1NC(=O)[C@H](CC(C)C)N(C)C(=O)C[C@@H](C(=O)N2CCCCC2)N(C)C(=O)[C@H](C(C)C)N(C)C(=O)C2(CCCCC2)NC(=O)[C@@H]2CCCN2C(=O)[C@H](CCc2ccc(C(F)(F)F)c(Cl)c2)NC(=O)CN(C)C(=O)[C@H](CC2CCCCC2)N(C)C(=O)CN(C)C(=O)CN(C)C1=O. The predicted molar refractivity (Wildman–Crippen MR) is 366 cm³/mol. The molecule has 24 nitrogen and oxygen atoms in total. The van der Waals surface area contributed by atoms with E-state index in [0.717, 1.165) is 71.8 Å². The van der Waals surface area contributed by atoms with Gasteiger partial charge in [-0.25, -0.2) is 0 Å². The summed E-state index contributed by atoms with van der Waals surface area (Å²) in [5.74, 6) is -9.12. The molecule has 12 amide bonds. The van der Waals surface area contributed by atoms with E-state index in [9.17, 15) is 51.5 Å². The van der Waals surface area contributed by atoms with E-state index in [4.69, 9.17) is 11.6 Å². The lowest BCUT2D eigenvalue weighted by atomic mass is 9.79. The highest BCUT2D eigenvalue weighted by atomic mass is 35.5. The van der Waals surface area contributed by atoms with Crippen molar-refractivity contribution in [3.8, 4) is 0 Å². The normalized spacial score (nSPS) is 26.2. The molecule has 3 aliphatic heterocycles. The summed E-state index contributed by atoms with van der Waals surface area (Å²) in [5.41, 5.74) is -2.37. The number of alkyl halides is 3. The number of likely N-dealkylation sites (N-methyl/N-ethyl adjacent to an activating group) is 7. The van der Waals surface area contributed by atoms with Crippen molar-refractivity contribution in [1.29, 1.82) is 0 Å². The summed E-state index contributed by atoms with van der Waals surface area (Å²) in [5, 5.41) is 8.14. The maximum Gasteiger partial charge on any atom is 0.417 e. The van der Waals surface area contributed by atoms with Gasteiger partial charge in [0.15, 0.2) is 0 Å². The van der Waals surface area contributed by atoms with Crippen LogP contribution in [0, 0.1) is 23.7 Å². The fraction of sp³-hybridized carbons (Fsp3) is 0.746. The van der Waals surface area contributed by atoms with Crippen LogP contribution in [0.1, 0.15) is 181 Å². The number of nitrogens with one attached hydrogen (secondary N) is 3. The van der Waals surface area contributed by atoms with Gasteiger partial charge in [0, 0.05) is 69.0 Å². The zero-order chi connectivity index (χ0) is 73.5. The molecule has 1 aromatic rings. The molecule has 5 aliphatic rings. The van der Waals surface area contributed by atoms with Crippen LogP contribution < -0.4 is 16.0 Å². The molecule has 3 saturated heterocycles. The first-order valence-corrected chi connectivity index (χ1v) is 36.1. The fourth-order valence-corrected chi connectivity index (χ4v) is 15.1. The highest BCUT2D eigenvalue weighted by molar-refractivity contribution is 6.31. The summed E-state index contributed by atoms with van der Waals surface area (Å²) in [4.78, 5) is 190. The second kappa shape index (κ2) is 36.0. The van der Waals surface area contributed by atoms with Gasteiger partial charge in [-0.3, -0.25) is 57.5 Å². The highest BCUT2D eigenvalue weighted by Gasteiger charge is 2.50. The number of hydrogen-bond acceptors (Lipinski definition) is 12. The van der Waals surface area contributed by atoms with Gasteiger partial charge in [-0.1, -0.05) is 117 Å². The van der Waals surface area contributed by atoms with Gasteiger partial charge in [0.2, 0.25) is 70.9 Å². The summed E-state index contributed by atoms with van der Waals surface area (Å²) in [6.07, 6.45) is 4.18. The lowest BCUT2D eigenvalue weighted by Crippen LogP contribution is -2.66.